The molecule has 11 heteroatoms. The second kappa shape index (κ2) is 7.14. The molecule has 2 amide bonds. The number of carbonyl (C=O) groups excluding carboxylic acids is 2. The quantitative estimate of drug-likeness (QED) is 0.675. The van der Waals surface area contributed by atoms with E-state index < -0.39 is 53.0 Å². The summed E-state index contributed by atoms with van der Waals surface area (Å²) in [6.07, 6.45) is -2.37. The minimum atomic E-state index is -4.49. The average molecular weight is 484 g/mol. The van der Waals surface area contributed by atoms with Gasteiger partial charge in [0.2, 0.25) is 5.91 Å². The van der Waals surface area contributed by atoms with Crippen molar-refractivity contribution >= 4 is 29.2 Å². The molecule has 6 nitrogen and oxygen atoms in total. The number of hydrogen-bond donors (Lipinski definition) is 1. The average Bonchev–Trinajstić information content (AvgIpc) is 2.68. The molecule has 174 valence electrons. The van der Waals surface area contributed by atoms with Crippen LogP contribution in [0.5, 0.6) is 0 Å². The summed E-state index contributed by atoms with van der Waals surface area (Å²) < 4.78 is 53.2. The molecule has 33 heavy (non-hydrogen) atoms. The molecule has 0 spiro atoms. The van der Waals surface area contributed by atoms with Crippen LogP contribution >= 0.6 is 11.6 Å². The SMILES string of the molecule is O=C1C(C23CC(O)(C2)C3)N(Cc2ccc(C(F)(F)F)cc2)C(=O)CN1c1ncc(Cl)cc1F. The van der Waals surface area contributed by atoms with E-state index in [1.807, 2.05) is 0 Å². The lowest BCUT2D eigenvalue weighted by Crippen LogP contribution is -2.78. The van der Waals surface area contributed by atoms with Crippen LogP contribution in [-0.4, -0.2) is 45.0 Å². The Morgan fingerprint density at radius 3 is 2.33 bits per heavy atom. The van der Waals surface area contributed by atoms with E-state index in [2.05, 4.69) is 4.98 Å². The largest absolute Gasteiger partial charge is 0.416 e. The molecule has 2 bridgehead atoms. The van der Waals surface area contributed by atoms with Crippen LogP contribution in [0.25, 0.3) is 0 Å². The van der Waals surface area contributed by atoms with Gasteiger partial charge >= 0.3 is 6.18 Å². The van der Waals surface area contributed by atoms with Crippen LogP contribution < -0.4 is 4.90 Å². The first-order valence-corrected chi connectivity index (χ1v) is 10.6. The highest BCUT2D eigenvalue weighted by molar-refractivity contribution is 6.30. The second-order valence-corrected chi connectivity index (χ2v) is 9.56. The molecule has 1 aromatic heterocycles. The van der Waals surface area contributed by atoms with E-state index in [0.29, 0.717) is 24.8 Å². The van der Waals surface area contributed by atoms with E-state index in [4.69, 9.17) is 11.6 Å². The van der Waals surface area contributed by atoms with Crippen molar-refractivity contribution in [2.24, 2.45) is 5.41 Å². The van der Waals surface area contributed by atoms with Gasteiger partial charge in [0.15, 0.2) is 11.6 Å². The highest BCUT2D eigenvalue weighted by Crippen LogP contribution is 2.70. The van der Waals surface area contributed by atoms with Gasteiger partial charge in [-0.15, -0.1) is 0 Å². The van der Waals surface area contributed by atoms with Crippen molar-refractivity contribution in [2.75, 3.05) is 11.4 Å². The summed E-state index contributed by atoms with van der Waals surface area (Å²) in [5, 5.41) is 10.3. The first-order chi connectivity index (χ1) is 15.4. The van der Waals surface area contributed by atoms with Crippen molar-refractivity contribution in [3.8, 4) is 0 Å². The van der Waals surface area contributed by atoms with Crippen molar-refractivity contribution in [1.82, 2.24) is 9.88 Å². The first kappa shape index (κ1) is 22.1. The first-order valence-electron chi connectivity index (χ1n) is 10.2. The van der Waals surface area contributed by atoms with Gasteiger partial charge in [-0.25, -0.2) is 9.37 Å². The lowest BCUT2D eigenvalue weighted by molar-refractivity contribution is -0.280. The lowest BCUT2D eigenvalue weighted by atomic mass is 9.38. The number of hydrogen-bond acceptors (Lipinski definition) is 4. The minimum Gasteiger partial charge on any atom is -0.390 e. The maximum atomic E-state index is 14.5. The van der Waals surface area contributed by atoms with Crippen molar-refractivity contribution in [1.29, 1.82) is 0 Å². The van der Waals surface area contributed by atoms with Gasteiger partial charge in [0.05, 0.1) is 16.2 Å². The smallest absolute Gasteiger partial charge is 0.390 e. The number of aliphatic hydroxyl groups is 1. The van der Waals surface area contributed by atoms with Gasteiger partial charge in [0.25, 0.3) is 5.91 Å². The van der Waals surface area contributed by atoms with Gasteiger partial charge in [-0.2, -0.15) is 13.2 Å². The molecule has 1 aliphatic heterocycles. The van der Waals surface area contributed by atoms with Gasteiger partial charge in [-0.1, -0.05) is 23.7 Å². The topological polar surface area (TPSA) is 73.7 Å². The molecule has 1 unspecified atom stereocenters. The third-order valence-electron chi connectivity index (χ3n) is 6.73. The summed E-state index contributed by atoms with van der Waals surface area (Å²) in [6.45, 7) is -0.556. The minimum absolute atomic E-state index is 0.0363. The number of pyridine rings is 1. The Morgan fingerprint density at radius 2 is 1.79 bits per heavy atom. The normalized spacial score (nSPS) is 29.1. The standard InChI is InChI=1S/C22H18ClF4N3O3/c23-14-5-15(24)18(28-6-14)30-8-16(31)29(7-12-1-3-13(4-2-12)22(25,26)27)17(19(30)32)20-9-21(33,10-20)11-20/h1-6,17,33H,7-11H2. The Kier molecular flexibility index (Phi) is 4.78. The Hall–Kier alpha value is -2.72. The number of rotatable bonds is 4. The monoisotopic (exact) mass is 483 g/mol. The molecule has 2 aromatic rings. The molecule has 1 saturated heterocycles. The van der Waals surface area contributed by atoms with Crippen LogP contribution in [0.3, 0.4) is 0 Å². The van der Waals surface area contributed by atoms with E-state index in [1.165, 1.54) is 23.2 Å². The van der Waals surface area contributed by atoms with E-state index in [0.717, 1.165) is 23.1 Å². The number of aromatic nitrogens is 1. The fraction of sp³-hybridized carbons (Fsp3) is 0.409. The van der Waals surface area contributed by atoms with Crippen molar-refractivity contribution < 1.29 is 32.3 Å². The van der Waals surface area contributed by atoms with E-state index in [9.17, 15) is 32.3 Å². The predicted molar refractivity (Wildman–Crippen MR) is 109 cm³/mol. The van der Waals surface area contributed by atoms with Crippen LogP contribution in [0, 0.1) is 11.2 Å². The molecule has 2 heterocycles. The molecule has 1 N–H and O–H groups in total. The van der Waals surface area contributed by atoms with E-state index in [-0.39, 0.29) is 17.4 Å². The fourth-order valence-electron chi connectivity index (χ4n) is 5.38. The maximum Gasteiger partial charge on any atom is 0.416 e. The summed E-state index contributed by atoms with van der Waals surface area (Å²) in [7, 11) is 0. The highest BCUT2D eigenvalue weighted by atomic mass is 35.5. The van der Waals surface area contributed by atoms with Crippen LogP contribution in [0.2, 0.25) is 5.02 Å². The van der Waals surface area contributed by atoms with Crippen LogP contribution in [0.15, 0.2) is 36.5 Å². The fourth-order valence-corrected chi connectivity index (χ4v) is 5.53. The lowest BCUT2D eigenvalue weighted by Gasteiger charge is -2.71. The summed E-state index contributed by atoms with van der Waals surface area (Å²) >= 11 is 5.75. The van der Waals surface area contributed by atoms with Crippen LogP contribution in [0.4, 0.5) is 23.4 Å². The molecule has 3 aliphatic carbocycles. The van der Waals surface area contributed by atoms with Crippen LogP contribution in [0.1, 0.15) is 30.4 Å². The number of piperazine rings is 1. The molecule has 4 aliphatic rings. The zero-order chi connectivity index (χ0) is 23.8. The Bertz CT molecular complexity index is 1130. The van der Waals surface area contributed by atoms with Gasteiger partial charge in [0.1, 0.15) is 12.6 Å². The Balaban J connectivity index is 1.46. The number of carbonyl (C=O) groups is 2. The third-order valence-corrected chi connectivity index (χ3v) is 6.93. The molecule has 6 rings (SSSR count). The van der Waals surface area contributed by atoms with Crippen molar-refractivity contribution in [3.05, 3.63) is 58.5 Å². The molecule has 4 fully saturated rings. The van der Waals surface area contributed by atoms with Crippen LogP contribution in [-0.2, 0) is 22.3 Å². The van der Waals surface area contributed by atoms with Crippen molar-refractivity contribution in [2.45, 2.75) is 43.6 Å². The van der Waals surface area contributed by atoms with Gasteiger partial charge in [-0.05, 0) is 43.0 Å². The van der Waals surface area contributed by atoms with E-state index in [1.54, 1.807) is 0 Å². The molecular formula is C22H18ClF4N3O3. The molecule has 1 atom stereocenters. The zero-order valence-electron chi connectivity index (χ0n) is 17.1. The number of anilines is 1. The Labute approximate surface area is 190 Å². The number of alkyl halides is 3. The maximum absolute atomic E-state index is 14.5. The molecule has 3 saturated carbocycles. The summed E-state index contributed by atoms with van der Waals surface area (Å²) in [6, 6.07) is 4.37. The predicted octanol–water partition coefficient (Wildman–Crippen LogP) is 3.55. The van der Waals surface area contributed by atoms with Gasteiger partial charge < -0.3 is 10.0 Å². The molecule has 0 radical (unpaired) electrons. The summed E-state index contributed by atoms with van der Waals surface area (Å²) in [5.41, 5.74) is -1.92. The summed E-state index contributed by atoms with van der Waals surface area (Å²) in [4.78, 5) is 32.9. The zero-order valence-corrected chi connectivity index (χ0v) is 17.8. The number of benzene rings is 1. The second-order valence-electron chi connectivity index (χ2n) is 9.12. The van der Waals surface area contributed by atoms with E-state index >= 15 is 0 Å². The van der Waals surface area contributed by atoms with Gasteiger partial charge in [-0.3, -0.25) is 14.5 Å². The van der Waals surface area contributed by atoms with Gasteiger partial charge in [0, 0.05) is 18.2 Å². The van der Waals surface area contributed by atoms with Crippen molar-refractivity contribution in [3.63, 3.8) is 0 Å². The molecular weight excluding hydrogens is 466 g/mol. The number of amides is 2. The molecule has 1 aromatic carbocycles. The third kappa shape index (κ3) is 3.56. The summed E-state index contributed by atoms with van der Waals surface area (Å²) in [5.74, 6) is -2.21. The highest BCUT2D eigenvalue weighted by Gasteiger charge is 2.73. The number of halogens is 5. The number of nitrogens with zero attached hydrogens (tertiary/aromatic N) is 3. The Morgan fingerprint density at radius 1 is 1.15 bits per heavy atom.